The maximum absolute atomic E-state index is 10.8. The molecule has 0 bridgehead atoms. The van der Waals surface area contributed by atoms with Crippen molar-refractivity contribution in [2.45, 2.75) is 50.9 Å². The van der Waals surface area contributed by atoms with Gasteiger partial charge in [0, 0.05) is 6.42 Å². The third kappa shape index (κ3) is 5.72. The van der Waals surface area contributed by atoms with E-state index < -0.39 is 20.5 Å². The Labute approximate surface area is 187 Å². The van der Waals surface area contributed by atoms with Crippen molar-refractivity contribution in [3.8, 4) is 0 Å². The Hall–Kier alpha value is -2.24. The molecule has 0 unspecified atom stereocenters. The van der Waals surface area contributed by atoms with Crippen molar-refractivity contribution in [3.63, 3.8) is 0 Å². The maximum Gasteiger partial charge on any atom is 0.261 e. The van der Waals surface area contributed by atoms with Gasteiger partial charge in [-0.3, -0.25) is 0 Å². The van der Waals surface area contributed by atoms with E-state index in [9.17, 15) is 10.2 Å². The molecule has 0 saturated carbocycles. The lowest BCUT2D eigenvalue weighted by Crippen LogP contribution is -2.67. The van der Waals surface area contributed by atoms with Crippen LogP contribution in [0.2, 0.25) is 5.04 Å². The minimum Gasteiger partial charge on any atom is -0.405 e. The SMILES string of the molecule is CC(C)(C)[Si](OC[C@H](O)C[C@H](O)Cc1ccccc1)(c1ccccc1)c1ccccc1. The van der Waals surface area contributed by atoms with E-state index in [0.29, 0.717) is 6.42 Å². The Morgan fingerprint density at radius 3 is 1.61 bits per heavy atom. The molecular weight excluding hydrogens is 400 g/mol. The van der Waals surface area contributed by atoms with Crippen LogP contribution in [0, 0.1) is 0 Å². The highest BCUT2D eigenvalue weighted by atomic mass is 28.4. The average molecular weight is 435 g/mol. The number of rotatable bonds is 9. The first-order valence-corrected chi connectivity index (χ1v) is 12.9. The van der Waals surface area contributed by atoms with E-state index >= 15 is 0 Å². The molecule has 0 fully saturated rings. The van der Waals surface area contributed by atoms with E-state index in [1.807, 2.05) is 42.5 Å². The molecule has 0 aliphatic rings. The minimum absolute atomic E-state index is 0.141. The number of aliphatic hydroxyl groups is 2. The highest BCUT2D eigenvalue weighted by Gasteiger charge is 2.50. The van der Waals surface area contributed by atoms with Gasteiger partial charge in [0.2, 0.25) is 0 Å². The van der Waals surface area contributed by atoms with Crippen molar-refractivity contribution in [1.29, 1.82) is 0 Å². The van der Waals surface area contributed by atoms with Crippen molar-refractivity contribution >= 4 is 18.7 Å². The lowest BCUT2D eigenvalue weighted by molar-refractivity contribution is 0.0465. The summed E-state index contributed by atoms with van der Waals surface area (Å²) in [4.78, 5) is 0. The Morgan fingerprint density at radius 1 is 0.710 bits per heavy atom. The van der Waals surface area contributed by atoms with Crippen LogP contribution in [-0.4, -0.2) is 37.3 Å². The lowest BCUT2D eigenvalue weighted by Gasteiger charge is -2.43. The summed E-state index contributed by atoms with van der Waals surface area (Å²) >= 11 is 0. The summed E-state index contributed by atoms with van der Waals surface area (Å²) in [7, 11) is -2.68. The van der Waals surface area contributed by atoms with Gasteiger partial charge in [-0.05, 0) is 27.4 Å². The number of hydrogen-bond acceptors (Lipinski definition) is 3. The van der Waals surface area contributed by atoms with E-state index in [0.717, 1.165) is 5.56 Å². The predicted octanol–water partition coefficient (Wildman–Crippen LogP) is 3.92. The van der Waals surface area contributed by atoms with Crippen LogP contribution in [-0.2, 0) is 10.8 Å². The molecule has 31 heavy (non-hydrogen) atoms. The highest BCUT2D eigenvalue weighted by molar-refractivity contribution is 6.99. The second kappa shape index (κ2) is 10.4. The van der Waals surface area contributed by atoms with Crippen LogP contribution in [0.25, 0.3) is 0 Å². The zero-order valence-corrected chi connectivity index (χ0v) is 19.7. The van der Waals surface area contributed by atoms with Crippen LogP contribution in [0.3, 0.4) is 0 Å². The second-order valence-electron chi connectivity index (χ2n) is 9.21. The van der Waals surface area contributed by atoms with Crippen molar-refractivity contribution in [3.05, 3.63) is 96.6 Å². The van der Waals surface area contributed by atoms with Crippen LogP contribution in [0.1, 0.15) is 32.8 Å². The summed E-state index contributed by atoms with van der Waals surface area (Å²) in [5.74, 6) is 0. The maximum atomic E-state index is 10.8. The molecule has 0 heterocycles. The average Bonchev–Trinajstić information content (AvgIpc) is 2.75. The summed E-state index contributed by atoms with van der Waals surface area (Å²) in [5, 5.41) is 23.5. The molecule has 4 heteroatoms. The summed E-state index contributed by atoms with van der Waals surface area (Å²) in [6, 6.07) is 30.7. The third-order valence-electron chi connectivity index (χ3n) is 5.77. The Morgan fingerprint density at radius 2 is 1.16 bits per heavy atom. The van der Waals surface area contributed by atoms with Gasteiger partial charge >= 0.3 is 0 Å². The molecule has 0 aromatic heterocycles. The first kappa shape index (κ1) is 23.4. The van der Waals surface area contributed by atoms with E-state index in [4.69, 9.17) is 4.43 Å². The zero-order valence-electron chi connectivity index (χ0n) is 18.7. The quantitative estimate of drug-likeness (QED) is 0.502. The first-order chi connectivity index (χ1) is 14.8. The molecule has 0 aliphatic carbocycles. The monoisotopic (exact) mass is 434 g/mol. The Kier molecular flexibility index (Phi) is 7.84. The van der Waals surface area contributed by atoms with Crippen LogP contribution in [0.5, 0.6) is 0 Å². The molecule has 3 aromatic carbocycles. The van der Waals surface area contributed by atoms with E-state index in [-0.39, 0.29) is 18.1 Å². The van der Waals surface area contributed by atoms with E-state index in [1.165, 1.54) is 10.4 Å². The molecule has 0 spiro atoms. The Balaban J connectivity index is 1.81. The summed E-state index contributed by atoms with van der Waals surface area (Å²) < 4.78 is 6.76. The van der Waals surface area contributed by atoms with Gasteiger partial charge in [0.1, 0.15) is 0 Å². The van der Waals surface area contributed by atoms with Gasteiger partial charge in [0.25, 0.3) is 8.32 Å². The van der Waals surface area contributed by atoms with Crippen LogP contribution in [0.15, 0.2) is 91.0 Å². The third-order valence-corrected chi connectivity index (χ3v) is 10.8. The first-order valence-electron chi connectivity index (χ1n) is 11.0. The van der Waals surface area contributed by atoms with Gasteiger partial charge in [-0.25, -0.2) is 0 Å². The van der Waals surface area contributed by atoms with Gasteiger partial charge in [-0.2, -0.15) is 0 Å². The van der Waals surface area contributed by atoms with Gasteiger partial charge in [0.05, 0.1) is 18.8 Å². The van der Waals surface area contributed by atoms with Gasteiger partial charge in [-0.1, -0.05) is 112 Å². The molecule has 0 aliphatic heterocycles. The Bertz CT molecular complexity index is 868. The fraction of sp³-hybridized carbons (Fsp3) is 0.333. The normalized spacial score (nSPS) is 14.2. The van der Waals surface area contributed by atoms with Gasteiger partial charge < -0.3 is 14.6 Å². The molecule has 0 amide bonds. The second-order valence-corrected chi connectivity index (χ2v) is 13.5. The van der Waals surface area contributed by atoms with Crippen LogP contribution >= 0.6 is 0 Å². The van der Waals surface area contributed by atoms with Crippen molar-refractivity contribution < 1.29 is 14.6 Å². The fourth-order valence-electron chi connectivity index (χ4n) is 4.33. The standard InChI is InChI=1S/C27H34O3Si/c1-27(2,3)31(25-15-9-5-10-16-25,26-17-11-6-12-18-26)30-21-24(29)20-23(28)19-22-13-7-4-8-14-22/h4-18,23-24,28-29H,19-21H2,1-3H3/t23-,24-/m1/s1. The van der Waals surface area contributed by atoms with Crippen molar-refractivity contribution in [1.82, 2.24) is 0 Å². The molecule has 2 N–H and O–H groups in total. The summed E-state index contributed by atoms with van der Waals surface area (Å²) in [6.07, 6.45) is -0.537. The molecule has 2 atom stereocenters. The van der Waals surface area contributed by atoms with Crippen molar-refractivity contribution in [2.24, 2.45) is 0 Å². The predicted molar refractivity (Wildman–Crippen MR) is 130 cm³/mol. The topological polar surface area (TPSA) is 49.7 Å². The largest absolute Gasteiger partial charge is 0.405 e. The summed E-state index contributed by atoms with van der Waals surface area (Å²) in [6.45, 7) is 6.85. The molecule has 0 radical (unpaired) electrons. The molecular formula is C27H34O3Si. The smallest absolute Gasteiger partial charge is 0.261 e. The highest BCUT2D eigenvalue weighted by Crippen LogP contribution is 2.36. The minimum atomic E-state index is -2.68. The summed E-state index contributed by atoms with van der Waals surface area (Å²) in [5.41, 5.74) is 1.06. The number of benzene rings is 3. The van der Waals surface area contributed by atoms with Crippen molar-refractivity contribution in [2.75, 3.05) is 6.61 Å². The van der Waals surface area contributed by atoms with Crippen LogP contribution in [0.4, 0.5) is 0 Å². The number of aliphatic hydroxyl groups excluding tert-OH is 2. The van der Waals surface area contributed by atoms with Crippen LogP contribution < -0.4 is 10.4 Å². The van der Waals surface area contributed by atoms with E-state index in [2.05, 4.69) is 69.3 Å². The molecule has 3 nitrogen and oxygen atoms in total. The molecule has 0 saturated heterocycles. The van der Waals surface area contributed by atoms with Gasteiger partial charge in [0.15, 0.2) is 0 Å². The molecule has 3 aromatic rings. The fourth-order valence-corrected chi connectivity index (χ4v) is 8.93. The van der Waals surface area contributed by atoms with Gasteiger partial charge in [-0.15, -0.1) is 0 Å². The molecule has 164 valence electrons. The zero-order chi connectivity index (χ0) is 22.3. The molecule has 3 rings (SSSR count). The van der Waals surface area contributed by atoms with E-state index in [1.54, 1.807) is 0 Å². The lowest BCUT2D eigenvalue weighted by atomic mass is 10.0. The number of hydrogen-bond donors (Lipinski definition) is 2.